The van der Waals surface area contributed by atoms with Crippen LogP contribution < -0.4 is 5.32 Å². The first-order valence-electron chi connectivity index (χ1n) is 9.27. The summed E-state index contributed by atoms with van der Waals surface area (Å²) in [6.45, 7) is 6.48. The summed E-state index contributed by atoms with van der Waals surface area (Å²) < 4.78 is 5.74. The van der Waals surface area contributed by atoms with E-state index in [-0.39, 0.29) is 17.7 Å². The lowest BCUT2D eigenvalue weighted by Crippen LogP contribution is -2.44. The standard InChI is InChI=1S/C20H24N2O3S/c1-12(22-8-6-17-14(11-22)7-9-26-17)10-21-20(24)19-13(2)18-15(23)4-3-5-16(18)25-19/h7,9,12H,3-6,8,10-11H2,1-2H3,(H,21,24)/t12-/m1/s1. The maximum absolute atomic E-state index is 12.6. The summed E-state index contributed by atoms with van der Waals surface area (Å²) >= 11 is 1.83. The third kappa shape index (κ3) is 3.12. The highest BCUT2D eigenvalue weighted by atomic mass is 32.1. The molecule has 6 heteroatoms. The number of hydrogen-bond acceptors (Lipinski definition) is 5. The maximum atomic E-state index is 12.6. The van der Waals surface area contributed by atoms with Crippen molar-refractivity contribution in [3.8, 4) is 0 Å². The molecule has 4 rings (SSSR count). The molecule has 1 aliphatic carbocycles. The fourth-order valence-corrected chi connectivity index (χ4v) is 4.85. The zero-order valence-corrected chi connectivity index (χ0v) is 16.1. The molecule has 0 spiro atoms. The smallest absolute Gasteiger partial charge is 0.287 e. The van der Waals surface area contributed by atoms with Crippen molar-refractivity contribution in [1.82, 2.24) is 10.2 Å². The van der Waals surface area contributed by atoms with Crippen LogP contribution in [0.25, 0.3) is 0 Å². The maximum Gasteiger partial charge on any atom is 0.287 e. The number of ketones is 1. The monoisotopic (exact) mass is 372 g/mol. The van der Waals surface area contributed by atoms with Crippen molar-refractivity contribution in [3.63, 3.8) is 0 Å². The Bertz CT molecular complexity index is 851. The number of nitrogens with zero attached hydrogens (tertiary/aromatic N) is 1. The van der Waals surface area contributed by atoms with E-state index in [9.17, 15) is 9.59 Å². The lowest BCUT2D eigenvalue weighted by Gasteiger charge is -2.32. The van der Waals surface area contributed by atoms with Crippen molar-refractivity contribution in [3.05, 3.63) is 44.5 Å². The largest absolute Gasteiger partial charge is 0.455 e. The van der Waals surface area contributed by atoms with Crippen LogP contribution in [0.2, 0.25) is 0 Å². The summed E-state index contributed by atoms with van der Waals surface area (Å²) in [6, 6.07) is 2.45. The third-order valence-electron chi connectivity index (χ3n) is 5.53. The van der Waals surface area contributed by atoms with Gasteiger partial charge in [0.1, 0.15) is 5.76 Å². The molecule has 138 valence electrons. The Morgan fingerprint density at radius 2 is 2.23 bits per heavy atom. The van der Waals surface area contributed by atoms with Crippen molar-refractivity contribution in [2.45, 2.75) is 52.1 Å². The number of furan rings is 1. The van der Waals surface area contributed by atoms with Gasteiger partial charge in [0.25, 0.3) is 5.91 Å². The van der Waals surface area contributed by atoms with Gasteiger partial charge >= 0.3 is 0 Å². The van der Waals surface area contributed by atoms with Gasteiger partial charge in [0.05, 0.1) is 5.56 Å². The van der Waals surface area contributed by atoms with E-state index in [1.165, 1.54) is 10.4 Å². The fourth-order valence-electron chi connectivity index (χ4n) is 3.96. The highest BCUT2D eigenvalue weighted by molar-refractivity contribution is 7.10. The fraction of sp³-hybridized carbons (Fsp3) is 0.500. The number of carbonyl (C=O) groups is 2. The Hall–Kier alpha value is -1.92. The average molecular weight is 372 g/mol. The van der Waals surface area contributed by atoms with Gasteiger partial charge in [-0.1, -0.05) is 0 Å². The average Bonchev–Trinajstić information content (AvgIpc) is 3.24. The molecule has 0 saturated heterocycles. The molecule has 3 heterocycles. The Balaban J connectivity index is 1.39. The Morgan fingerprint density at radius 1 is 1.38 bits per heavy atom. The summed E-state index contributed by atoms with van der Waals surface area (Å²) in [5.74, 6) is 0.860. The molecule has 1 atom stereocenters. The van der Waals surface area contributed by atoms with E-state index >= 15 is 0 Å². The van der Waals surface area contributed by atoms with Gasteiger partial charge in [-0.05, 0) is 43.7 Å². The predicted molar refractivity (Wildman–Crippen MR) is 101 cm³/mol. The molecule has 2 aromatic heterocycles. The second kappa shape index (κ2) is 7.00. The Morgan fingerprint density at radius 3 is 3.04 bits per heavy atom. The van der Waals surface area contributed by atoms with Crippen LogP contribution in [0.4, 0.5) is 0 Å². The van der Waals surface area contributed by atoms with E-state index < -0.39 is 0 Å². The van der Waals surface area contributed by atoms with Crippen LogP contribution in [0.1, 0.15) is 62.4 Å². The first-order chi connectivity index (χ1) is 12.5. The lowest BCUT2D eigenvalue weighted by atomic mass is 9.94. The minimum absolute atomic E-state index is 0.0970. The summed E-state index contributed by atoms with van der Waals surface area (Å²) in [6.07, 6.45) is 3.17. The molecule has 2 aliphatic rings. The number of amides is 1. The van der Waals surface area contributed by atoms with Gasteiger partial charge < -0.3 is 9.73 Å². The van der Waals surface area contributed by atoms with Crippen LogP contribution >= 0.6 is 11.3 Å². The van der Waals surface area contributed by atoms with Crippen LogP contribution in [0.15, 0.2) is 15.9 Å². The molecule has 2 aromatic rings. The summed E-state index contributed by atoms with van der Waals surface area (Å²) in [4.78, 5) is 28.6. The molecular weight excluding hydrogens is 348 g/mol. The van der Waals surface area contributed by atoms with Gasteiger partial charge in [0.2, 0.25) is 0 Å². The van der Waals surface area contributed by atoms with Gasteiger partial charge in [0, 0.05) is 49.0 Å². The first kappa shape index (κ1) is 17.5. The second-order valence-corrected chi connectivity index (χ2v) is 8.28. The number of rotatable bonds is 4. The molecule has 1 amide bonds. The SMILES string of the molecule is Cc1c(C(=O)NC[C@@H](C)N2CCc3sccc3C2)oc2c1C(=O)CCC2. The van der Waals surface area contributed by atoms with Crippen molar-refractivity contribution in [1.29, 1.82) is 0 Å². The van der Waals surface area contributed by atoms with Crippen molar-refractivity contribution in [2.24, 2.45) is 0 Å². The number of hydrogen-bond donors (Lipinski definition) is 1. The topological polar surface area (TPSA) is 62.6 Å². The van der Waals surface area contributed by atoms with Crippen LogP contribution in [-0.2, 0) is 19.4 Å². The quantitative estimate of drug-likeness (QED) is 0.894. The molecule has 0 radical (unpaired) electrons. The first-order valence-corrected chi connectivity index (χ1v) is 10.2. The predicted octanol–water partition coefficient (Wildman–Crippen LogP) is 3.35. The van der Waals surface area contributed by atoms with Gasteiger partial charge in [-0.25, -0.2) is 0 Å². The van der Waals surface area contributed by atoms with E-state index in [4.69, 9.17) is 4.42 Å². The molecule has 0 saturated carbocycles. The van der Waals surface area contributed by atoms with E-state index in [2.05, 4.69) is 28.6 Å². The van der Waals surface area contributed by atoms with Crippen LogP contribution in [-0.4, -0.2) is 35.7 Å². The number of carbonyl (C=O) groups excluding carboxylic acids is 2. The number of thiophene rings is 1. The van der Waals surface area contributed by atoms with Gasteiger partial charge in [-0.2, -0.15) is 0 Å². The Kier molecular flexibility index (Phi) is 4.71. The van der Waals surface area contributed by atoms with Crippen molar-refractivity contribution < 1.29 is 14.0 Å². The molecule has 0 unspecified atom stereocenters. The highest BCUT2D eigenvalue weighted by Crippen LogP contribution is 2.29. The third-order valence-corrected chi connectivity index (χ3v) is 6.55. The van der Waals surface area contributed by atoms with E-state index in [1.54, 1.807) is 0 Å². The van der Waals surface area contributed by atoms with Crippen LogP contribution in [0, 0.1) is 6.92 Å². The summed E-state index contributed by atoms with van der Waals surface area (Å²) in [5, 5.41) is 5.15. The van der Waals surface area contributed by atoms with Crippen LogP contribution in [0.3, 0.4) is 0 Å². The molecule has 1 aliphatic heterocycles. The normalized spacial score (nSPS) is 18.3. The number of aryl methyl sites for hydroxylation is 1. The van der Waals surface area contributed by atoms with Crippen LogP contribution in [0.5, 0.6) is 0 Å². The zero-order chi connectivity index (χ0) is 18.3. The molecular formula is C20H24N2O3S. The van der Waals surface area contributed by atoms with Gasteiger partial charge in [0.15, 0.2) is 11.5 Å². The molecule has 1 N–H and O–H groups in total. The number of fused-ring (bicyclic) bond motifs is 2. The molecule has 5 nitrogen and oxygen atoms in total. The van der Waals surface area contributed by atoms with Crippen molar-refractivity contribution >= 4 is 23.0 Å². The second-order valence-electron chi connectivity index (χ2n) is 7.28. The number of Topliss-reactive ketones (excluding diaryl/α,β-unsaturated/α-hetero) is 1. The highest BCUT2D eigenvalue weighted by Gasteiger charge is 2.29. The number of nitrogens with one attached hydrogen (secondary N) is 1. The minimum atomic E-state index is -0.218. The van der Waals surface area contributed by atoms with E-state index in [0.29, 0.717) is 35.6 Å². The molecule has 0 fully saturated rings. The van der Waals surface area contributed by atoms with Gasteiger partial charge in [-0.3, -0.25) is 14.5 Å². The molecule has 0 bridgehead atoms. The minimum Gasteiger partial charge on any atom is -0.455 e. The molecule has 0 aromatic carbocycles. The summed E-state index contributed by atoms with van der Waals surface area (Å²) in [5.41, 5.74) is 2.73. The zero-order valence-electron chi connectivity index (χ0n) is 15.3. The molecule has 26 heavy (non-hydrogen) atoms. The summed E-state index contributed by atoms with van der Waals surface area (Å²) in [7, 11) is 0. The van der Waals surface area contributed by atoms with E-state index in [1.807, 2.05) is 18.3 Å². The van der Waals surface area contributed by atoms with Gasteiger partial charge in [-0.15, -0.1) is 11.3 Å². The Labute approximate surface area is 157 Å². The van der Waals surface area contributed by atoms with E-state index in [0.717, 1.165) is 32.4 Å². The lowest BCUT2D eigenvalue weighted by molar-refractivity contribution is 0.0900. The van der Waals surface area contributed by atoms with Crippen molar-refractivity contribution in [2.75, 3.05) is 13.1 Å².